The number of carbonyl (C=O) groups is 2. The lowest BCUT2D eigenvalue weighted by molar-refractivity contribution is -0.144. The Labute approximate surface area is 96.4 Å². The second-order valence-corrected chi connectivity index (χ2v) is 3.68. The van der Waals surface area contributed by atoms with Crippen molar-refractivity contribution in [3.8, 4) is 0 Å². The Morgan fingerprint density at radius 2 is 2.24 bits per heavy atom. The second-order valence-electron chi connectivity index (χ2n) is 3.68. The fourth-order valence-electron chi connectivity index (χ4n) is 1.60. The Bertz CT molecular complexity index is 463. The minimum atomic E-state index is -1.20. The highest BCUT2D eigenvalue weighted by Crippen LogP contribution is 2.16. The van der Waals surface area contributed by atoms with Crippen LogP contribution < -0.4 is 0 Å². The molecule has 1 heterocycles. The highest BCUT2D eigenvalue weighted by atomic mass is 19.1. The predicted octanol–water partition coefficient (Wildman–Crippen LogP) is 1.23. The molecule has 1 atom stereocenters. The van der Waals surface area contributed by atoms with Gasteiger partial charge in [-0.1, -0.05) is 18.2 Å². The average molecular weight is 239 g/mol. The van der Waals surface area contributed by atoms with Crippen LogP contribution in [0.25, 0.3) is 0 Å². The molecule has 1 fully saturated rings. The molecule has 90 valence electrons. The summed E-state index contributed by atoms with van der Waals surface area (Å²) in [6, 6.07) is 6.01. The monoisotopic (exact) mass is 239 g/mol. The molecule has 0 unspecified atom stereocenters. The molecule has 1 aliphatic heterocycles. The number of ether oxygens (including phenoxy) is 1. The zero-order valence-corrected chi connectivity index (χ0v) is 8.80. The first-order valence-electron chi connectivity index (χ1n) is 4.99. The molecule has 0 aromatic heterocycles. The van der Waals surface area contributed by atoms with E-state index in [9.17, 15) is 14.0 Å². The third-order valence-electron chi connectivity index (χ3n) is 2.48. The Hall–Kier alpha value is -2.11. The van der Waals surface area contributed by atoms with Gasteiger partial charge in [0.15, 0.2) is 0 Å². The molecule has 1 aromatic rings. The number of nitrogens with zero attached hydrogens (tertiary/aromatic N) is 1. The maximum absolute atomic E-state index is 13.3. The van der Waals surface area contributed by atoms with Crippen LogP contribution in [0.3, 0.4) is 0 Å². The molecule has 0 aliphatic carbocycles. The molecular weight excluding hydrogens is 229 g/mol. The fourth-order valence-corrected chi connectivity index (χ4v) is 1.60. The number of amides is 1. The molecule has 6 heteroatoms. The molecule has 1 N–H and O–H groups in total. The van der Waals surface area contributed by atoms with Gasteiger partial charge < -0.3 is 9.84 Å². The summed E-state index contributed by atoms with van der Waals surface area (Å²) in [7, 11) is 0. The summed E-state index contributed by atoms with van der Waals surface area (Å²) in [6.45, 7) is -0.0578. The van der Waals surface area contributed by atoms with Crippen molar-refractivity contribution in [2.45, 2.75) is 12.6 Å². The van der Waals surface area contributed by atoms with Gasteiger partial charge in [0.1, 0.15) is 5.82 Å². The lowest BCUT2D eigenvalue weighted by atomic mass is 10.2. The zero-order valence-electron chi connectivity index (χ0n) is 8.80. The van der Waals surface area contributed by atoms with E-state index in [4.69, 9.17) is 5.11 Å². The van der Waals surface area contributed by atoms with Crippen molar-refractivity contribution in [2.75, 3.05) is 6.54 Å². The van der Waals surface area contributed by atoms with Gasteiger partial charge in [-0.15, -0.1) is 0 Å². The van der Waals surface area contributed by atoms with Gasteiger partial charge in [-0.25, -0.2) is 14.0 Å². The molecule has 0 saturated carbocycles. The molecule has 0 bridgehead atoms. The molecule has 2 rings (SSSR count). The molecule has 0 radical (unpaired) electrons. The molecule has 1 aromatic carbocycles. The lowest BCUT2D eigenvalue weighted by Crippen LogP contribution is -2.27. The summed E-state index contributed by atoms with van der Waals surface area (Å²) in [4.78, 5) is 23.1. The van der Waals surface area contributed by atoms with Crippen LogP contribution in [-0.2, 0) is 16.1 Å². The summed E-state index contributed by atoms with van der Waals surface area (Å²) >= 11 is 0. The largest absolute Gasteiger partial charge is 0.478 e. The minimum Gasteiger partial charge on any atom is -0.478 e. The van der Waals surface area contributed by atoms with Crippen LogP contribution in [0.4, 0.5) is 9.18 Å². The zero-order chi connectivity index (χ0) is 12.4. The predicted molar refractivity (Wildman–Crippen MR) is 54.7 cm³/mol. The smallest absolute Gasteiger partial charge is 0.411 e. The Morgan fingerprint density at radius 1 is 1.53 bits per heavy atom. The first-order valence-corrected chi connectivity index (χ1v) is 4.99. The molecule has 0 spiro atoms. The van der Waals surface area contributed by atoms with E-state index in [0.29, 0.717) is 5.56 Å². The van der Waals surface area contributed by atoms with Crippen molar-refractivity contribution in [1.82, 2.24) is 4.90 Å². The van der Waals surface area contributed by atoms with E-state index in [1.807, 2.05) is 0 Å². The number of cyclic esters (lactones) is 1. The van der Waals surface area contributed by atoms with Crippen molar-refractivity contribution >= 4 is 12.1 Å². The second kappa shape index (κ2) is 4.40. The first kappa shape index (κ1) is 11.4. The van der Waals surface area contributed by atoms with Crippen molar-refractivity contribution < 1.29 is 23.8 Å². The van der Waals surface area contributed by atoms with Gasteiger partial charge >= 0.3 is 12.1 Å². The first-order chi connectivity index (χ1) is 8.08. The fraction of sp³-hybridized carbons (Fsp3) is 0.273. The molecule has 1 aliphatic rings. The van der Waals surface area contributed by atoms with E-state index in [0.717, 1.165) is 4.90 Å². The summed E-state index contributed by atoms with van der Waals surface area (Å²) in [5.41, 5.74) is 0.329. The number of benzene rings is 1. The van der Waals surface area contributed by atoms with Gasteiger partial charge in [0.05, 0.1) is 13.1 Å². The number of halogens is 1. The summed E-state index contributed by atoms with van der Waals surface area (Å²) in [5.74, 6) is -1.63. The number of carboxylic acid groups (broad SMARTS) is 1. The number of carbonyl (C=O) groups excluding carboxylic acids is 1. The van der Waals surface area contributed by atoms with E-state index in [2.05, 4.69) is 4.74 Å². The molecular formula is C11H10FNO4. The Morgan fingerprint density at radius 3 is 2.82 bits per heavy atom. The van der Waals surface area contributed by atoms with Gasteiger partial charge in [-0.05, 0) is 6.07 Å². The van der Waals surface area contributed by atoms with Gasteiger partial charge in [0.25, 0.3) is 0 Å². The Kier molecular flexibility index (Phi) is 2.95. The summed E-state index contributed by atoms with van der Waals surface area (Å²) in [5, 5.41) is 8.69. The van der Waals surface area contributed by atoms with Crippen LogP contribution in [0.2, 0.25) is 0 Å². The number of aliphatic carboxylic acids is 1. The normalized spacial score (nSPS) is 19.2. The maximum Gasteiger partial charge on any atom is 0.411 e. The third kappa shape index (κ3) is 2.35. The third-order valence-corrected chi connectivity index (χ3v) is 2.48. The van der Waals surface area contributed by atoms with Crippen LogP contribution in [-0.4, -0.2) is 34.7 Å². The molecule has 1 amide bonds. The summed E-state index contributed by atoms with van der Waals surface area (Å²) in [6.07, 6.45) is -1.91. The van der Waals surface area contributed by atoms with Crippen LogP contribution in [0, 0.1) is 5.82 Å². The minimum absolute atomic E-state index is 0.00921. The van der Waals surface area contributed by atoms with Crippen molar-refractivity contribution in [1.29, 1.82) is 0 Å². The molecule has 5 nitrogen and oxygen atoms in total. The van der Waals surface area contributed by atoms with E-state index >= 15 is 0 Å². The number of carboxylic acids is 1. The van der Waals surface area contributed by atoms with Crippen LogP contribution in [0.5, 0.6) is 0 Å². The van der Waals surface area contributed by atoms with E-state index < -0.39 is 24.0 Å². The number of hydrogen-bond acceptors (Lipinski definition) is 3. The lowest BCUT2D eigenvalue weighted by Gasteiger charge is -2.12. The van der Waals surface area contributed by atoms with Gasteiger partial charge in [0.2, 0.25) is 6.10 Å². The quantitative estimate of drug-likeness (QED) is 0.861. The van der Waals surface area contributed by atoms with Gasteiger partial charge in [-0.3, -0.25) is 4.90 Å². The summed E-state index contributed by atoms with van der Waals surface area (Å²) < 4.78 is 17.9. The highest BCUT2D eigenvalue weighted by Gasteiger charge is 2.36. The maximum atomic E-state index is 13.3. The topological polar surface area (TPSA) is 66.8 Å². The Balaban J connectivity index is 2.08. The highest BCUT2D eigenvalue weighted by molar-refractivity contribution is 5.81. The molecule has 1 saturated heterocycles. The van der Waals surface area contributed by atoms with Crippen LogP contribution >= 0.6 is 0 Å². The van der Waals surface area contributed by atoms with E-state index in [1.165, 1.54) is 12.1 Å². The number of hydrogen-bond donors (Lipinski definition) is 1. The van der Waals surface area contributed by atoms with Crippen LogP contribution in [0.15, 0.2) is 24.3 Å². The molecule has 17 heavy (non-hydrogen) atoms. The number of rotatable bonds is 3. The van der Waals surface area contributed by atoms with Crippen molar-refractivity contribution in [3.63, 3.8) is 0 Å². The standard InChI is InChI=1S/C11H10FNO4/c12-8-4-2-1-3-7(8)5-13-6-9(10(14)15)17-11(13)16/h1-4,9H,5-6H2,(H,14,15)/t9-/m1/s1. The average Bonchev–Trinajstić information content (AvgIpc) is 2.64. The van der Waals surface area contributed by atoms with Crippen molar-refractivity contribution in [3.05, 3.63) is 35.6 Å². The SMILES string of the molecule is O=C(O)[C@H]1CN(Cc2ccccc2F)C(=O)O1. The van der Waals surface area contributed by atoms with Crippen LogP contribution in [0.1, 0.15) is 5.56 Å². The van der Waals surface area contributed by atoms with E-state index in [-0.39, 0.29) is 13.1 Å². The van der Waals surface area contributed by atoms with Gasteiger partial charge in [0, 0.05) is 5.56 Å². The van der Waals surface area contributed by atoms with Gasteiger partial charge in [-0.2, -0.15) is 0 Å². The van der Waals surface area contributed by atoms with Crippen molar-refractivity contribution in [2.24, 2.45) is 0 Å². The van der Waals surface area contributed by atoms with E-state index in [1.54, 1.807) is 12.1 Å².